The summed E-state index contributed by atoms with van der Waals surface area (Å²) in [6, 6.07) is 84.8. The molecule has 3 heteroatoms. The van der Waals surface area contributed by atoms with Crippen LogP contribution in [-0.4, -0.2) is 4.57 Å². The molecule has 1 spiro atoms. The predicted molar refractivity (Wildman–Crippen MR) is 276 cm³/mol. The highest BCUT2D eigenvalue weighted by atomic mass is 16.5. The number of hydrogen-bond donors (Lipinski definition) is 0. The molecular formula is C64H44N2O. The van der Waals surface area contributed by atoms with Gasteiger partial charge in [-0.25, -0.2) is 0 Å². The fourth-order valence-electron chi connectivity index (χ4n) is 12.2. The molecule has 0 saturated heterocycles. The number of para-hydroxylation sites is 5. The third-order valence-corrected chi connectivity index (χ3v) is 15.1. The van der Waals surface area contributed by atoms with Crippen LogP contribution in [0.5, 0.6) is 11.5 Å². The maximum atomic E-state index is 7.23. The summed E-state index contributed by atoms with van der Waals surface area (Å²) >= 11 is 0. The third kappa shape index (κ3) is 5.17. The van der Waals surface area contributed by atoms with Crippen molar-refractivity contribution in [3.63, 3.8) is 0 Å². The van der Waals surface area contributed by atoms with E-state index in [1.54, 1.807) is 0 Å². The van der Waals surface area contributed by atoms with Crippen LogP contribution in [0.4, 0.5) is 17.1 Å². The molecule has 1 aliphatic heterocycles. The van der Waals surface area contributed by atoms with E-state index in [0.717, 1.165) is 56.4 Å². The molecule has 3 aliphatic rings. The van der Waals surface area contributed by atoms with Crippen LogP contribution in [0.3, 0.4) is 0 Å². The number of ether oxygens (including phenoxy) is 1. The van der Waals surface area contributed by atoms with Gasteiger partial charge in [-0.05, 0) is 105 Å². The number of fused-ring (bicyclic) bond motifs is 15. The second kappa shape index (κ2) is 14.1. The van der Waals surface area contributed by atoms with E-state index in [9.17, 15) is 0 Å². The Hall–Kier alpha value is -8.40. The Morgan fingerprint density at radius 1 is 0.388 bits per heavy atom. The first-order valence-corrected chi connectivity index (χ1v) is 23.3. The molecule has 67 heavy (non-hydrogen) atoms. The van der Waals surface area contributed by atoms with Crippen LogP contribution in [-0.2, 0) is 10.8 Å². The lowest BCUT2D eigenvalue weighted by Gasteiger charge is -2.40. The molecule has 1 unspecified atom stereocenters. The normalized spacial score (nSPS) is 15.6. The zero-order valence-corrected chi connectivity index (χ0v) is 37.2. The lowest BCUT2D eigenvalue weighted by atomic mass is 9.66. The van der Waals surface area contributed by atoms with E-state index in [1.807, 2.05) is 0 Å². The molecular weight excluding hydrogens is 813 g/mol. The Bertz CT molecular complexity index is 3790. The minimum absolute atomic E-state index is 0.155. The highest BCUT2D eigenvalue weighted by Gasteiger charge is 2.52. The van der Waals surface area contributed by atoms with Gasteiger partial charge in [-0.1, -0.05) is 190 Å². The van der Waals surface area contributed by atoms with Crippen molar-refractivity contribution in [3.8, 4) is 50.6 Å². The largest absolute Gasteiger partial charge is 0.454 e. The van der Waals surface area contributed by atoms with Crippen molar-refractivity contribution in [2.75, 3.05) is 4.90 Å². The van der Waals surface area contributed by atoms with Gasteiger partial charge < -0.3 is 14.2 Å². The van der Waals surface area contributed by atoms with Gasteiger partial charge in [0.2, 0.25) is 0 Å². The minimum Gasteiger partial charge on any atom is -0.454 e. The van der Waals surface area contributed by atoms with Crippen LogP contribution in [0.1, 0.15) is 47.2 Å². The summed E-state index contributed by atoms with van der Waals surface area (Å²) in [5.74, 6) is 1.75. The van der Waals surface area contributed by atoms with Gasteiger partial charge in [0.25, 0.3) is 0 Å². The van der Waals surface area contributed by atoms with E-state index in [0.29, 0.717) is 0 Å². The molecule has 0 N–H and O–H groups in total. The Balaban J connectivity index is 1.03. The first kappa shape index (κ1) is 37.9. The molecule has 10 aromatic carbocycles. The molecule has 2 aliphatic carbocycles. The first-order valence-electron chi connectivity index (χ1n) is 23.3. The fraction of sp³-hybridized carbons (Fsp3) is 0.0625. The molecule has 0 saturated carbocycles. The van der Waals surface area contributed by atoms with Crippen LogP contribution in [0.2, 0.25) is 0 Å². The second-order valence-electron chi connectivity index (χ2n) is 18.8. The number of nitrogens with zero attached hydrogens (tertiary/aromatic N) is 2. The summed E-state index contributed by atoms with van der Waals surface area (Å²) in [5.41, 5.74) is 20.8. The zero-order valence-electron chi connectivity index (χ0n) is 37.2. The van der Waals surface area contributed by atoms with Gasteiger partial charge in [-0.15, -0.1) is 0 Å². The van der Waals surface area contributed by atoms with Gasteiger partial charge in [0, 0.05) is 44.3 Å². The SMILES string of the molecule is CC1(C)c2ccccc2-c2ccc(N(c3ccc4c(c3)-c3ccccc3C43c4ccccc4Oc4c(-n5c6ccccc6c6ccccc65)cccc43)c3ccccc3-c3ccccc3)cc21. The average molecular weight is 857 g/mol. The lowest BCUT2D eigenvalue weighted by molar-refractivity contribution is 0.435. The zero-order chi connectivity index (χ0) is 44.4. The number of rotatable bonds is 5. The van der Waals surface area contributed by atoms with E-state index in [1.165, 1.54) is 66.4 Å². The Kier molecular flexibility index (Phi) is 7.95. The molecule has 14 rings (SSSR count). The summed E-state index contributed by atoms with van der Waals surface area (Å²) in [6.45, 7) is 4.73. The molecule has 0 amide bonds. The van der Waals surface area contributed by atoms with E-state index >= 15 is 0 Å². The molecule has 316 valence electrons. The van der Waals surface area contributed by atoms with Crippen LogP contribution >= 0.6 is 0 Å². The predicted octanol–water partition coefficient (Wildman–Crippen LogP) is 16.7. The lowest BCUT2D eigenvalue weighted by Crippen LogP contribution is -2.32. The fourth-order valence-corrected chi connectivity index (χ4v) is 12.2. The number of aromatic nitrogens is 1. The summed E-state index contributed by atoms with van der Waals surface area (Å²) < 4.78 is 9.62. The van der Waals surface area contributed by atoms with Crippen molar-refractivity contribution in [2.45, 2.75) is 24.7 Å². The number of anilines is 3. The van der Waals surface area contributed by atoms with Crippen molar-refractivity contribution in [2.24, 2.45) is 0 Å². The summed E-state index contributed by atoms with van der Waals surface area (Å²) in [4.78, 5) is 2.49. The van der Waals surface area contributed by atoms with Gasteiger partial charge in [0.15, 0.2) is 5.75 Å². The quantitative estimate of drug-likeness (QED) is 0.172. The van der Waals surface area contributed by atoms with Crippen molar-refractivity contribution < 1.29 is 4.74 Å². The molecule has 11 aromatic rings. The van der Waals surface area contributed by atoms with Crippen LogP contribution in [0, 0.1) is 0 Å². The second-order valence-corrected chi connectivity index (χ2v) is 18.8. The van der Waals surface area contributed by atoms with Gasteiger partial charge in [0.1, 0.15) is 5.75 Å². The average Bonchev–Trinajstić information content (AvgIpc) is 3.95. The summed E-state index contributed by atoms with van der Waals surface area (Å²) in [7, 11) is 0. The molecule has 2 heterocycles. The number of hydrogen-bond acceptors (Lipinski definition) is 2. The number of benzene rings is 10. The van der Waals surface area contributed by atoms with Crippen LogP contribution in [0.15, 0.2) is 231 Å². The Morgan fingerprint density at radius 3 is 1.72 bits per heavy atom. The molecule has 0 fully saturated rings. The Labute approximate surface area is 390 Å². The highest BCUT2D eigenvalue weighted by Crippen LogP contribution is 2.64. The topological polar surface area (TPSA) is 17.4 Å². The van der Waals surface area contributed by atoms with Gasteiger partial charge in [-0.3, -0.25) is 0 Å². The molecule has 1 aromatic heterocycles. The highest BCUT2D eigenvalue weighted by molar-refractivity contribution is 6.09. The molecule has 3 nitrogen and oxygen atoms in total. The van der Waals surface area contributed by atoms with Gasteiger partial charge in [-0.2, -0.15) is 0 Å². The van der Waals surface area contributed by atoms with Crippen molar-refractivity contribution in [1.82, 2.24) is 4.57 Å². The summed E-state index contributed by atoms with van der Waals surface area (Å²) in [5, 5.41) is 2.45. The Morgan fingerprint density at radius 2 is 0.940 bits per heavy atom. The maximum absolute atomic E-state index is 7.23. The first-order chi connectivity index (χ1) is 33.0. The monoisotopic (exact) mass is 856 g/mol. The maximum Gasteiger partial charge on any atom is 0.156 e. The summed E-state index contributed by atoms with van der Waals surface area (Å²) in [6.07, 6.45) is 0. The van der Waals surface area contributed by atoms with E-state index in [4.69, 9.17) is 4.74 Å². The van der Waals surface area contributed by atoms with E-state index in [-0.39, 0.29) is 5.41 Å². The van der Waals surface area contributed by atoms with E-state index < -0.39 is 5.41 Å². The van der Waals surface area contributed by atoms with Crippen LogP contribution < -0.4 is 9.64 Å². The van der Waals surface area contributed by atoms with Crippen LogP contribution in [0.25, 0.3) is 60.9 Å². The minimum atomic E-state index is -0.653. The molecule has 0 bridgehead atoms. The smallest absolute Gasteiger partial charge is 0.156 e. The third-order valence-electron chi connectivity index (χ3n) is 15.1. The van der Waals surface area contributed by atoms with Gasteiger partial charge in [0.05, 0.1) is 27.8 Å². The van der Waals surface area contributed by atoms with Crippen molar-refractivity contribution in [1.29, 1.82) is 0 Å². The molecule has 1 atom stereocenters. The van der Waals surface area contributed by atoms with Crippen molar-refractivity contribution in [3.05, 3.63) is 264 Å². The molecule has 0 radical (unpaired) electrons. The van der Waals surface area contributed by atoms with Crippen molar-refractivity contribution >= 4 is 38.9 Å². The standard InChI is InChI=1S/C64H44N2O/c1-63(2)51-26-11-6-22-45(51)47-37-35-43(40-56(47)63)65(57-30-14-8-21-44(57)41-19-4-3-5-20-41)42-36-38-53-50(39-42)46-23-7-12-27-52(46)64(53)54-28-13-17-34-61(54)67-62-55(64)29-18-33-60(62)66-58-31-15-9-24-48(58)49-25-10-16-32-59(49)66/h3-40H,1-2H3. The van der Waals surface area contributed by atoms with Gasteiger partial charge >= 0.3 is 0 Å². The van der Waals surface area contributed by atoms with E-state index in [2.05, 4.69) is 254 Å².